The van der Waals surface area contributed by atoms with E-state index in [1.165, 1.54) is 0 Å². The molecule has 78 valence electrons. The largest absolute Gasteiger partial charge is 0.413 e. The van der Waals surface area contributed by atoms with Gasteiger partial charge in [0.05, 0.1) is 0 Å². The van der Waals surface area contributed by atoms with Crippen molar-refractivity contribution in [3.8, 4) is 0 Å². The van der Waals surface area contributed by atoms with E-state index in [4.69, 9.17) is 9.79 Å². The molecule has 0 aromatic rings. The fourth-order valence-corrected chi connectivity index (χ4v) is 1.22. The van der Waals surface area contributed by atoms with E-state index >= 15 is 0 Å². The van der Waals surface area contributed by atoms with Gasteiger partial charge in [-0.3, -0.25) is 0 Å². The average Bonchev–Trinajstić information content (AvgIpc) is 2.03. The summed E-state index contributed by atoms with van der Waals surface area (Å²) in [6.07, 6.45) is 4.23. The fourth-order valence-electron chi connectivity index (χ4n) is 0.873. The Balaban J connectivity index is 3.71. The third-order valence-electron chi connectivity index (χ3n) is 1.63. The van der Waals surface area contributed by atoms with Crippen LogP contribution >= 0.6 is 7.75 Å². The van der Waals surface area contributed by atoms with E-state index in [2.05, 4.69) is 12.0 Å². The summed E-state index contributed by atoms with van der Waals surface area (Å²) in [4.78, 5) is 17.0. The number of nitrogens with one attached hydrogen (secondary N) is 2. The van der Waals surface area contributed by atoms with E-state index in [-0.39, 0.29) is 6.04 Å². The second-order valence-corrected chi connectivity index (χ2v) is 4.08. The van der Waals surface area contributed by atoms with Gasteiger partial charge in [-0.25, -0.2) is 9.99 Å². The van der Waals surface area contributed by atoms with Gasteiger partial charge in [0.2, 0.25) is 0 Å². The smallest absolute Gasteiger partial charge is 0.312 e. The topological polar surface area (TPSA) is 81.6 Å². The summed E-state index contributed by atoms with van der Waals surface area (Å²) in [6.45, 7) is 5.52. The van der Waals surface area contributed by atoms with Crippen LogP contribution in [0.15, 0.2) is 12.7 Å². The van der Waals surface area contributed by atoms with Crippen molar-refractivity contribution in [1.82, 2.24) is 10.6 Å². The molecule has 4 N–H and O–H groups in total. The average molecular weight is 208 g/mol. The maximum atomic E-state index is 10.4. The monoisotopic (exact) mass is 208 g/mol. The SMILES string of the molecule is C=CCCC(CC)NNP(=O)(O)O. The van der Waals surface area contributed by atoms with Gasteiger partial charge < -0.3 is 9.79 Å². The van der Waals surface area contributed by atoms with Gasteiger partial charge in [0, 0.05) is 6.04 Å². The van der Waals surface area contributed by atoms with Crippen molar-refractivity contribution in [3.05, 3.63) is 12.7 Å². The summed E-state index contributed by atoms with van der Waals surface area (Å²) in [7, 11) is -4.15. The zero-order valence-electron chi connectivity index (χ0n) is 7.73. The highest BCUT2D eigenvalue weighted by molar-refractivity contribution is 7.49. The van der Waals surface area contributed by atoms with Crippen LogP contribution < -0.4 is 10.6 Å². The third-order valence-corrected chi connectivity index (χ3v) is 2.05. The molecule has 0 aromatic carbocycles. The molecule has 0 radical (unpaired) electrons. The normalized spacial score (nSPS) is 14.1. The lowest BCUT2D eigenvalue weighted by molar-refractivity contribution is 0.330. The molecule has 0 bridgehead atoms. The van der Waals surface area contributed by atoms with Crippen LogP contribution in [0.5, 0.6) is 0 Å². The van der Waals surface area contributed by atoms with Crippen molar-refractivity contribution in [2.45, 2.75) is 32.2 Å². The Bertz CT molecular complexity index is 192. The zero-order chi connectivity index (χ0) is 10.3. The summed E-state index contributed by atoms with van der Waals surface area (Å²) in [5.41, 5.74) is 2.58. The van der Waals surface area contributed by atoms with Gasteiger partial charge in [-0.1, -0.05) is 13.0 Å². The molecule has 0 fully saturated rings. The highest BCUT2D eigenvalue weighted by Gasteiger charge is 2.13. The first kappa shape index (κ1) is 12.8. The van der Waals surface area contributed by atoms with Gasteiger partial charge in [-0.15, -0.1) is 6.58 Å². The molecule has 1 unspecified atom stereocenters. The molecule has 0 rings (SSSR count). The van der Waals surface area contributed by atoms with Crippen molar-refractivity contribution in [2.75, 3.05) is 0 Å². The number of hydrazine groups is 1. The first-order valence-corrected chi connectivity index (χ1v) is 5.80. The molecule has 0 saturated heterocycles. The Kier molecular flexibility index (Phi) is 6.20. The lowest BCUT2D eigenvalue weighted by atomic mass is 10.1. The first-order valence-electron chi connectivity index (χ1n) is 4.18. The Morgan fingerprint density at radius 1 is 1.62 bits per heavy atom. The molecule has 5 nitrogen and oxygen atoms in total. The number of rotatable bonds is 7. The highest BCUT2D eigenvalue weighted by atomic mass is 31.2. The molecule has 0 saturated carbocycles. The van der Waals surface area contributed by atoms with Crippen LogP contribution in [-0.2, 0) is 4.57 Å². The Morgan fingerprint density at radius 3 is 2.62 bits per heavy atom. The van der Waals surface area contributed by atoms with Gasteiger partial charge >= 0.3 is 7.75 Å². The van der Waals surface area contributed by atoms with Crippen LogP contribution in [0.2, 0.25) is 0 Å². The Hall–Kier alpha value is -0.190. The summed E-state index contributed by atoms with van der Waals surface area (Å²) in [6, 6.07) is 0.0608. The van der Waals surface area contributed by atoms with Crippen LogP contribution in [0.25, 0.3) is 0 Å². The molecule has 0 heterocycles. The quantitative estimate of drug-likeness (QED) is 0.284. The Morgan fingerprint density at radius 2 is 2.23 bits per heavy atom. The second kappa shape index (κ2) is 6.29. The van der Waals surface area contributed by atoms with Gasteiger partial charge in [0.1, 0.15) is 0 Å². The van der Waals surface area contributed by atoms with Gasteiger partial charge in [-0.2, -0.15) is 5.20 Å². The van der Waals surface area contributed by atoms with Crippen LogP contribution in [0.3, 0.4) is 0 Å². The lowest BCUT2D eigenvalue weighted by Crippen LogP contribution is -2.38. The number of hydrogen-bond acceptors (Lipinski definition) is 2. The highest BCUT2D eigenvalue weighted by Crippen LogP contribution is 2.26. The lowest BCUT2D eigenvalue weighted by Gasteiger charge is -2.17. The van der Waals surface area contributed by atoms with E-state index in [1.807, 2.05) is 12.1 Å². The molecule has 0 aliphatic carbocycles. The van der Waals surface area contributed by atoms with Crippen LogP contribution in [0, 0.1) is 0 Å². The van der Waals surface area contributed by atoms with E-state index < -0.39 is 7.75 Å². The standard InChI is InChI=1S/C7H17N2O3P/c1-3-5-6-7(4-2)8-9-13(10,11)12/h3,7-8H,1,4-6H2,2H3,(H3,9,10,11,12). The van der Waals surface area contributed by atoms with E-state index in [0.717, 1.165) is 19.3 Å². The van der Waals surface area contributed by atoms with Gasteiger partial charge in [-0.05, 0) is 19.3 Å². The van der Waals surface area contributed by atoms with Crippen molar-refractivity contribution in [3.63, 3.8) is 0 Å². The van der Waals surface area contributed by atoms with Crippen molar-refractivity contribution < 1.29 is 14.4 Å². The van der Waals surface area contributed by atoms with Crippen LogP contribution in [0.4, 0.5) is 0 Å². The molecule has 0 aliphatic rings. The molecule has 0 aliphatic heterocycles. The maximum absolute atomic E-state index is 10.4. The molecule has 13 heavy (non-hydrogen) atoms. The van der Waals surface area contributed by atoms with E-state index in [1.54, 1.807) is 6.08 Å². The minimum absolute atomic E-state index is 0.0608. The molecule has 0 aromatic heterocycles. The first-order chi connectivity index (χ1) is 5.99. The fraction of sp³-hybridized carbons (Fsp3) is 0.714. The molecule has 1 atom stereocenters. The Labute approximate surface area is 78.4 Å². The molecule has 0 amide bonds. The zero-order valence-corrected chi connectivity index (χ0v) is 8.63. The van der Waals surface area contributed by atoms with Crippen LogP contribution in [0.1, 0.15) is 26.2 Å². The molecule has 0 spiro atoms. The summed E-state index contributed by atoms with van der Waals surface area (Å²) < 4.78 is 10.4. The summed E-state index contributed by atoms with van der Waals surface area (Å²) >= 11 is 0. The summed E-state index contributed by atoms with van der Waals surface area (Å²) in [5.74, 6) is 0. The van der Waals surface area contributed by atoms with Crippen molar-refractivity contribution in [2.24, 2.45) is 0 Å². The molecular weight excluding hydrogens is 191 g/mol. The van der Waals surface area contributed by atoms with Gasteiger partial charge in [0.15, 0.2) is 0 Å². The van der Waals surface area contributed by atoms with Crippen molar-refractivity contribution >= 4 is 7.75 Å². The van der Waals surface area contributed by atoms with E-state index in [0.29, 0.717) is 0 Å². The molecular formula is C7H17N2O3P. The second-order valence-electron chi connectivity index (χ2n) is 2.77. The molecule has 6 heteroatoms. The van der Waals surface area contributed by atoms with Gasteiger partial charge in [0.25, 0.3) is 0 Å². The minimum Gasteiger partial charge on any atom is -0.312 e. The predicted octanol–water partition coefficient (Wildman–Crippen LogP) is 0.918. The minimum atomic E-state index is -4.15. The van der Waals surface area contributed by atoms with Crippen LogP contribution in [-0.4, -0.2) is 15.8 Å². The number of allylic oxidation sites excluding steroid dienone is 1. The van der Waals surface area contributed by atoms with E-state index in [9.17, 15) is 4.57 Å². The van der Waals surface area contributed by atoms with Crippen molar-refractivity contribution in [1.29, 1.82) is 0 Å². The third kappa shape index (κ3) is 8.15. The maximum Gasteiger partial charge on any atom is 0.413 e. The number of hydrogen-bond donors (Lipinski definition) is 4. The predicted molar refractivity (Wildman–Crippen MR) is 51.8 cm³/mol. The summed E-state index contributed by atoms with van der Waals surface area (Å²) in [5, 5.41) is 1.96.